The van der Waals surface area contributed by atoms with Crippen molar-refractivity contribution in [2.24, 2.45) is 0 Å². The van der Waals surface area contributed by atoms with Crippen LogP contribution in [0, 0.1) is 13.8 Å². The quantitative estimate of drug-likeness (QED) is 0.0165. The number of allylic oxidation sites excluding steroid dienone is 8. The van der Waals surface area contributed by atoms with Crippen LogP contribution in [0.1, 0.15) is 158 Å². The molecular weight excluding hydrogens is 806 g/mol. The number of phosphoric ester groups is 1. The van der Waals surface area contributed by atoms with Crippen LogP contribution in [0.25, 0.3) is 0 Å². The van der Waals surface area contributed by atoms with Crippen LogP contribution in [-0.2, 0) is 45.5 Å². The highest BCUT2D eigenvalue weighted by molar-refractivity contribution is 7.47. The van der Waals surface area contributed by atoms with Gasteiger partial charge in [0, 0.05) is 25.7 Å². The summed E-state index contributed by atoms with van der Waals surface area (Å²) < 4.78 is 40.6. The lowest BCUT2D eigenvalue weighted by molar-refractivity contribution is -0.870. The van der Waals surface area contributed by atoms with Crippen molar-refractivity contribution in [2.75, 3.05) is 47.5 Å². The zero-order valence-electron chi connectivity index (χ0n) is 39.7. The predicted octanol–water partition coefficient (Wildman–Crippen LogP) is 11.9. The van der Waals surface area contributed by atoms with E-state index in [1.807, 2.05) is 64.5 Å². The van der Waals surface area contributed by atoms with Gasteiger partial charge in [-0.15, -0.1) is 0 Å². The Morgan fingerprint density at radius 3 is 1.94 bits per heavy atom. The number of phosphoric acid groups is 1. The number of quaternary nitrogens is 1. The standard InChI is InChI=1S/C50H84NO10P/c1-8-10-28-35-47-43(3)44(4)48(61-47)36-30-25-21-18-19-23-27-32-38-50(54)60-46(42-59-62(55,56)58-40-39-51(5,6)7)41-57-49(53)37-31-26-22-17-15-13-12-14-16-20-24-29-34-45(52)33-11-9-2/h11-13,16-17,20,22,24,29,33,45-46,52H,8-10,14-15,18-19,21,23,25-28,30-32,34-42H2,1-7H3/p+1/b13-12-,20-16-,22-17-,29-24+,33-11-/t45?,46-/m1/s1. The fraction of sp³-hybridized carbons (Fsp3) is 0.680. The molecule has 0 saturated carbocycles. The summed E-state index contributed by atoms with van der Waals surface area (Å²) in [4.78, 5) is 35.5. The number of hydrogen-bond acceptors (Lipinski definition) is 9. The number of aliphatic hydroxyl groups is 1. The number of hydrogen-bond donors (Lipinski definition) is 2. The molecule has 62 heavy (non-hydrogen) atoms. The average Bonchev–Trinajstić information content (AvgIpc) is 3.49. The van der Waals surface area contributed by atoms with Crippen LogP contribution in [-0.4, -0.2) is 86.1 Å². The van der Waals surface area contributed by atoms with Crippen LogP contribution in [0.2, 0.25) is 0 Å². The summed E-state index contributed by atoms with van der Waals surface area (Å²) in [5.41, 5.74) is 2.64. The van der Waals surface area contributed by atoms with Gasteiger partial charge in [0.1, 0.15) is 31.3 Å². The van der Waals surface area contributed by atoms with Crippen molar-refractivity contribution >= 4 is 19.8 Å². The molecule has 2 unspecified atom stereocenters. The van der Waals surface area contributed by atoms with Gasteiger partial charge in [-0.2, -0.15) is 0 Å². The Morgan fingerprint density at radius 2 is 1.29 bits per heavy atom. The number of carbonyl (C=O) groups is 2. The second-order valence-electron chi connectivity index (χ2n) is 17.2. The Balaban J connectivity index is 2.40. The molecule has 12 heteroatoms. The Bertz CT molecular complexity index is 1540. The number of rotatable bonds is 38. The van der Waals surface area contributed by atoms with E-state index < -0.39 is 38.6 Å². The lowest BCUT2D eigenvalue weighted by Crippen LogP contribution is -2.37. The Morgan fingerprint density at radius 1 is 0.710 bits per heavy atom. The fourth-order valence-electron chi connectivity index (χ4n) is 6.37. The zero-order valence-corrected chi connectivity index (χ0v) is 40.6. The van der Waals surface area contributed by atoms with Crippen LogP contribution >= 0.6 is 7.82 Å². The van der Waals surface area contributed by atoms with E-state index in [1.54, 1.807) is 0 Å². The fourth-order valence-corrected chi connectivity index (χ4v) is 7.11. The number of aryl methyl sites for hydroxylation is 2. The van der Waals surface area contributed by atoms with Crippen LogP contribution in [0.4, 0.5) is 0 Å². The van der Waals surface area contributed by atoms with Crippen molar-refractivity contribution in [1.29, 1.82) is 0 Å². The zero-order chi connectivity index (χ0) is 45.9. The molecule has 0 amide bonds. The van der Waals surface area contributed by atoms with Gasteiger partial charge in [0.2, 0.25) is 0 Å². The number of nitrogens with zero attached hydrogens (tertiary/aromatic N) is 1. The third-order valence-electron chi connectivity index (χ3n) is 10.3. The van der Waals surface area contributed by atoms with Gasteiger partial charge in [0.15, 0.2) is 6.10 Å². The Hall–Kier alpha value is -3.05. The molecule has 354 valence electrons. The van der Waals surface area contributed by atoms with Crippen LogP contribution in [0.5, 0.6) is 0 Å². The van der Waals surface area contributed by atoms with E-state index >= 15 is 0 Å². The average molecular weight is 891 g/mol. The molecule has 11 nitrogen and oxygen atoms in total. The van der Waals surface area contributed by atoms with E-state index in [-0.39, 0.29) is 26.1 Å². The summed E-state index contributed by atoms with van der Waals surface area (Å²) >= 11 is 0. The van der Waals surface area contributed by atoms with Crippen molar-refractivity contribution < 1.29 is 51.6 Å². The molecule has 0 bridgehead atoms. The van der Waals surface area contributed by atoms with E-state index in [0.717, 1.165) is 70.0 Å². The third-order valence-corrected chi connectivity index (χ3v) is 11.3. The number of aliphatic hydroxyl groups excluding tert-OH is 1. The van der Waals surface area contributed by atoms with Gasteiger partial charge in [0.05, 0.1) is 33.9 Å². The van der Waals surface area contributed by atoms with E-state index in [2.05, 4.69) is 45.1 Å². The van der Waals surface area contributed by atoms with E-state index in [4.69, 9.17) is 22.9 Å². The second-order valence-corrected chi connectivity index (χ2v) is 18.6. The number of ether oxygens (including phenoxy) is 2. The number of likely N-dealkylation sites (N-methyl/N-ethyl adjacent to an activating group) is 1. The first-order valence-corrected chi connectivity index (χ1v) is 25.0. The molecule has 0 fully saturated rings. The highest BCUT2D eigenvalue weighted by Crippen LogP contribution is 2.43. The minimum Gasteiger partial charge on any atom is -0.466 e. The van der Waals surface area contributed by atoms with Gasteiger partial charge in [-0.3, -0.25) is 18.6 Å². The van der Waals surface area contributed by atoms with Gasteiger partial charge < -0.3 is 28.4 Å². The minimum atomic E-state index is -4.42. The highest BCUT2D eigenvalue weighted by Gasteiger charge is 2.27. The van der Waals surface area contributed by atoms with Gasteiger partial charge in [0.25, 0.3) is 0 Å². The van der Waals surface area contributed by atoms with Gasteiger partial charge in [-0.1, -0.05) is 126 Å². The number of esters is 2. The minimum absolute atomic E-state index is 0.00579. The number of carbonyl (C=O) groups excluding carboxylic acids is 2. The summed E-state index contributed by atoms with van der Waals surface area (Å²) in [7, 11) is 1.39. The maximum absolute atomic E-state index is 12.8. The van der Waals surface area contributed by atoms with Crippen molar-refractivity contribution in [1.82, 2.24) is 0 Å². The van der Waals surface area contributed by atoms with Gasteiger partial charge in [-0.25, -0.2) is 4.57 Å². The normalized spacial score (nSPS) is 14.5. The predicted molar refractivity (Wildman–Crippen MR) is 252 cm³/mol. The van der Waals surface area contributed by atoms with Gasteiger partial charge >= 0.3 is 19.8 Å². The molecule has 0 aromatic carbocycles. The molecule has 1 aromatic rings. The molecule has 0 aliphatic carbocycles. The molecule has 1 aromatic heterocycles. The molecule has 1 heterocycles. The number of furan rings is 1. The lowest BCUT2D eigenvalue weighted by atomic mass is 10.0. The summed E-state index contributed by atoms with van der Waals surface area (Å²) in [5, 5.41) is 9.78. The largest absolute Gasteiger partial charge is 0.472 e. The van der Waals surface area contributed by atoms with Crippen LogP contribution in [0.15, 0.2) is 65.2 Å². The molecule has 1 rings (SSSR count). The molecule has 0 radical (unpaired) electrons. The first-order chi connectivity index (χ1) is 29.7. The maximum atomic E-state index is 12.8. The third kappa shape index (κ3) is 31.7. The van der Waals surface area contributed by atoms with Crippen LogP contribution < -0.4 is 0 Å². The monoisotopic (exact) mass is 891 g/mol. The first-order valence-electron chi connectivity index (χ1n) is 23.5. The smallest absolute Gasteiger partial charge is 0.466 e. The first kappa shape index (κ1) is 57.0. The van der Waals surface area contributed by atoms with Crippen LogP contribution in [0.3, 0.4) is 0 Å². The second kappa shape index (κ2) is 35.3. The Labute approximate surface area is 375 Å². The summed E-state index contributed by atoms with van der Waals surface area (Å²) in [6, 6.07) is 0. The van der Waals surface area contributed by atoms with Crippen molar-refractivity contribution in [3.8, 4) is 0 Å². The molecule has 2 N–H and O–H groups in total. The van der Waals surface area contributed by atoms with E-state index in [1.165, 1.54) is 49.0 Å². The van der Waals surface area contributed by atoms with Crippen molar-refractivity contribution in [3.63, 3.8) is 0 Å². The summed E-state index contributed by atoms with van der Waals surface area (Å²) in [6.07, 6.45) is 37.3. The van der Waals surface area contributed by atoms with E-state index in [0.29, 0.717) is 36.7 Å². The van der Waals surface area contributed by atoms with E-state index in [9.17, 15) is 24.2 Å². The molecule has 3 atom stereocenters. The van der Waals surface area contributed by atoms with Crippen molar-refractivity contribution in [2.45, 2.75) is 175 Å². The highest BCUT2D eigenvalue weighted by atomic mass is 31.2. The Kier molecular flexibility index (Phi) is 32.5. The molecule has 0 aliphatic heterocycles. The number of unbranched alkanes of at least 4 members (excludes halogenated alkanes) is 10. The lowest BCUT2D eigenvalue weighted by Gasteiger charge is -2.24. The topological polar surface area (TPSA) is 142 Å². The summed E-state index contributed by atoms with van der Waals surface area (Å²) in [5.74, 6) is 1.40. The molecule has 0 aliphatic rings. The maximum Gasteiger partial charge on any atom is 0.472 e. The molecule has 0 spiro atoms. The molecule has 0 saturated heterocycles. The summed E-state index contributed by atoms with van der Waals surface area (Å²) in [6.45, 7) is 8.39. The van der Waals surface area contributed by atoms with Crippen molar-refractivity contribution in [3.05, 3.63) is 83.4 Å². The SMILES string of the molecule is CC/C=C\C(O)C/C=C/C=C\C/C=C\C/C=C\CCCC(=O)OC[C@H](COP(=O)(O)OCC[N+](C)(C)C)OC(=O)CCCCCCCCCCc1oc(CCCCC)c(C)c1C. The molecular formula is C50H85NO10P+. The van der Waals surface area contributed by atoms with Gasteiger partial charge in [-0.05, 0) is 82.8 Å².